The van der Waals surface area contributed by atoms with Crippen molar-refractivity contribution in [3.05, 3.63) is 35.0 Å². The van der Waals surface area contributed by atoms with E-state index in [1.165, 1.54) is 48.9 Å². The first-order valence-corrected chi connectivity index (χ1v) is 8.80. The fraction of sp³-hybridized carbons (Fsp3) is 0.526. The Morgan fingerprint density at radius 2 is 2.22 bits per heavy atom. The molecule has 23 heavy (non-hydrogen) atoms. The normalized spacial score (nSPS) is 23.9. The van der Waals surface area contributed by atoms with E-state index in [1.807, 2.05) is 13.0 Å². The third-order valence-corrected chi connectivity index (χ3v) is 5.83. The van der Waals surface area contributed by atoms with Crippen molar-refractivity contribution in [2.45, 2.75) is 51.5 Å². The van der Waals surface area contributed by atoms with Crippen LogP contribution in [-0.2, 0) is 6.42 Å². The van der Waals surface area contributed by atoms with Crippen LogP contribution in [0.15, 0.2) is 18.2 Å². The van der Waals surface area contributed by atoms with Crippen molar-refractivity contribution >= 4 is 16.9 Å². The molecule has 2 N–H and O–H groups in total. The maximum absolute atomic E-state index is 12.0. The summed E-state index contributed by atoms with van der Waals surface area (Å²) in [5.74, 6) is 0.592. The van der Waals surface area contributed by atoms with Crippen molar-refractivity contribution in [3.8, 4) is 0 Å². The van der Waals surface area contributed by atoms with E-state index in [-0.39, 0.29) is 6.03 Å². The first-order chi connectivity index (χ1) is 11.1. The molecule has 2 atom stereocenters. The van der Waals surface area contributed by atoms with Crippen LogP contribution < -0.4 is 5.73 Å². The molecule has 122 valence electrons. The van der Waals surface area contributed by atoms with E-state index in [2.05, 4.69) is 24.0 Å². The molecule has 1 aromatic carbocycles. The lowest BCUT2D eigenvalue weighted by Gasteiger charge is -2.44. The number of benzene rings is 1. The smallest absolute Gasteiger partial charge is 0.323 e. The first kappa shape index (κ1) is 14.8. The molecule has 0 saturated carbocycles. The van der Waals surface area contributed by atoms with Crippen LogP contribution in [0, 0.1) is 6.92 Å². The third-order valence-electron chi connectivity index (χ3n) is 5.83. The molecular formula is C19H25N3O. The molecule has 2 aliphatic rings. The number of carbonyl (C=O) groups is 1. The highest BCUT2D eigenvalue weighted by Gasteiger charge is 2.38. The summed E-state index contributed by atoms with van der Waals surface area (Å²) < 4.78 is 1.70. The molecule has 2 heterocycles. The second kappa shape index (κ2) is 5.38. The molecule has 1 amide bonds. The van der Waals surface area contributed by atoms with Gasteiger partial charge in [-0.3, -0.25) is 9.47 Å². The number of piperidine rings is 1. The molecule has 1 fully saturated rings. The van der Waals surface area contributed by atoms with Gasteiger partial charge in [0.25, 0.3) is 0 Å². The molecule has 0 bridgehead atoms. The van der Waals surface area contributed by atoms with Crippen molar-refractivity contribution < 1.29 is 4.79 Å². The maximum Gasteiger partial charge on any atom is 0.323 e. The van der Waals surface area contributed by atoms with E-state index >= 15 is 0 Å². The summed E-state index contributed by atoms with van der Waals surface area (Å²) in [5.41, 5.74) is 10.4. The van der Waals surface area contributed by atoms with Crippen LogP contribution in [0.1, 0.15) is 48.9 Å². The number of likely N-dealkylation sites (tertiary alicyclic amines) is 1. The van der Waals surface area contributed by atoms with Crippen LogP contribution in [0.5, 0.6) is 0 Å². The van der Waals surface area contributed by atoms with Crippen molar-refractivity contribution in [1.82, 2.24) is 9.47 Å². The van der Waals surface area contributed by atoms with Crippen molar-refractivity contribution in [1.29, 1.82) is 0 Å². The van der Waals surface area contributed by atoms with E-state index in [9.17, 15) is 4.79 Å². The molecule has 4 rings (SSSR count). The number of nitrogens with two attached hydrogens (primary N) is 1. The SMILES string of the molecule is CCCN1CCC[C@@H]2c3cccc4c3c(c(C)n4C(N)=O)C[C@H]21. The van der Waals surface area contributed by atoms with E-state index < -0.39 is 0 Å². The molecule has 4 heteroatoms. The second-order valence-corrected chi connectivity index (χ2v) is 7.04. The second-order valence-electron chi connectivity index (χ2n) is 7.04. The Balaban J connectivity index is 1.92. The average molecular weight is 311 g/mol. The van der Waals surface area contributed by atoms with Gasteiger partial charge in [0.15, 0.2) is 0 Å². The van der Waals surface area contributed by atoms with Crippen LogP contribution in [0.3, 0.4) is 0 Å². The van der Waals surface area contributed by atoms with Crippen molar-refractivity contribution in [2.75, 3.05) is 13.1 Å². The lowest BCUT2D eigenvalue weighted by atomic mass is 9.74. The number of rotatable bonds is 2. The molecule has 0 radical (unpaired) electrons. The molecule has 4 nitrogen and oxygen atoms in total. The first-order valence-electron chi connectivity index (χ1n) is 8.80. The number of hydrogen-bond acceptors (Lipinski definition) is 2. The third kappa shape index (κ3) is 2.04. The van der Waals surface area contributed by atoms with Crippen molar-refractivity contribution in [2.24, 2.45) is 5.73 Å². The fourth-order valence-electron chi connectivity index (χ4n) is 4.95. The van der Waals surface area contributed by atoms with Gasteiger partial charge in [-0.2, -0.15) is 0 Å². The number of fused-ring (bicyclic) bond motifs is 2. The number of primary amides is 1. The van der Waals surface area contributed by atoms with Crippen LogP contribution in [-0.4, -0.2) is 34.6 Å². The van der Waals surface area contributed by atoms with Gasteiger partial charge in [0.05, 0.1) is 5.52 Å². The maximum atomic E-state index is 12.0. The Labute approximate surface area is 137 Å². The minimum atomic E-state index is -0.369. The van der Waals surface area contributed by atoms with Gasteiger partial charge in [-0.25, -0.2) is 4.79 Å². The highest BCUT2D eigenvalue weighted by molar-refractivity contribution is 5.97. The lowest BCUT2D eigenvalue weighted by Crippen LogP contribution is -2.47. The monoisotopic (exact) mass is 311 g/mol. The van der Waals surface area contributed by atoms with Crippen LogP contribution in [0.25, 0.3) is 10.9 Å². The van der Waals surface area contributed by atoms with Crippen LogP contribution in [0.4, 0.5) is 4.79 Å². The van der Waals surface area contributed by atoms with Gasteiger partial charge in [0, 0.05) is 23.0 Å². The molecule has 1 aliphatic carbocycles. The molecule has 1 aliphatic heterocycles. The van der Waals surface area contributed by atoms with Gasteiger partial charge in [-0.05, 0) is 62.9 Å². The predicted octanol–water partition coefficient (Wildman–Crippen LogP) is 3.39. The summed E-state index contributed by atoms with van der Waals surface area (Å²) in [6.07, 6.45) is 4.76. The lowest BCUT2D eigenvalue weighted by molar-refractivity contribution is 0.124. The number of aromatic nitrogens is 1. The highest BCUT2D eigenvalue weighted by atomic mass is 16.2. The average Bonchev–Trinajstić information content (AvgIpc) is 2.82. The Kier molecular flexibility index (Phi) is 3.45. The number of carbonyl (C=O) groups excluding carboxylic acids is 1. The number of hydrogen-bond donors (Lipinski definition) is 1. The summed E-state index contributed by atoms with van der Waals surface area (Å²) in [4.78, 5) is 14.6. The highest BCUT2D eigenvalue weighted by Crippen LogP contribution is 2.45. The quantitative estimate of drug-likeness (QED) is 0.924. The summed E-state index contributed by atoms with van der Waals surface area (Å²) >= 11 is 0. The topological polar surface area (TPSA) is 51.3 Å². The van der Waals surface area contributed by atoms with Gasteiger partial charge in [-0.15, -0.1) is 0 Å². The Hall–Kier alpha value is -1.81. The molecule has 1 saturated heterocycles. The minimum Gasteiger partial charge on any atom is -0.351 e. The van der Waals surface area contributed by atoms with Crippen molar-refractivity contribution in [3.63, 3.8) is 0 Å². The minimum absolute atomic E-state index is 0.369. The van der Waals surface area contributed by atoms with Gasteiger partial charge in [0.2, 0.25) is 0 Å². The van der Waals surface area contributed by atoms with Crippen LogP contribution in [0.2, 0.25) is 0 Å². The zero-order valence-corrected chi connectivity index (χ0v) is 14.0. The van der Waals surface area contributed by atoms with Crippen LogP contribution >= 0.6 is 0 Å². The molecule has 1 aromatic heterocycles. The zero-order chi connectivity index (χ0) is 16.1. The van der Waals surface area contributed by atoms with E-state index in [0.717, 1.165) is 17.6 Å². The molecule has 2 aromatic rings. The fourth-order valence-corrected chi connectivity index (χ4v) is 4.95. The zero-order valence-electron chi connectivity index (χ0n) is 14.0. The Morgan fingerprint density at radius 1 is 1.39 bits per heavy atom. The summed E-state index contributed by atoms with van der Waals surface area (Å²) in [5, 5.41) is 1.29. The van der Waals surface area contributed by atoms with Gasteiger partial charge < -0.3 is 5.73 Å². The Bertz CT molecular complexity index is 775. The standard InChI is InChI=1S/C19H25N3O/c1-3-9-21-10-5-7-13-14-6-4-8-16-18(14)15(11-17(13)21)12(2)22(16)19(20)23/h4,6,8,13,17H,3,5,7,9-11H2,1-2H3,(H2,20,23)/t13-,17-/m1/s1. The van der Waals surface area contributed by atoms with Gasteiger partial charge in [-0.1, -0.05) is 19.1 Å². The summed E-state index contributed by atoms with van der Waals surface area (Å²) in [6.45, 7) is 6.67. The predicted molar refractivity (Wildman–Crippen MR) is 93.0 cm³/mol. The van der Waals surface area contributed by atoms with E-state index in [1.54, 1.807) is 4.57 Å². The van der Waals surface area contributed by atoms with E-state index in [4.69, 9.17) is 5.73 Å². The summed E-state index contributed by atoms with van der Waals surface area (Å²) in [6, 6.07) is 6.59. The summed E-state index contributed by atoms with van der Waals surface area (Å²) in [7, 11) is 0. The number of nitrogens with zero attached hydrogens (tertiary/aromatic N) is 2. The Morgan fingerprint density at radius 3 is 2.96 bits per heavy atom. The molecule has 0 spiro atoms. The molecular weight excluding hydrogens is 286 g/mol. The van der Waals surface area contributed by atoms with E-state index in [0.29, 0.717) is 12.0 Å². The number of amides is 1. The largest absolute Gasteiger partial charge is 0.351 e. The van der Waals surface area contributed by atoms with Gasteiger partial charge >= 0.3 is 6.03 Å². The molecule has 0 unspecified atom stereocenters. The van der Waals surface area contributed by atoms with Gasteiger partial charge in [0.1, 0.15) is 0 Å².